The number of benzene rings is 3. The van der Waals surface area contributed by atoms with E-state index >= 15 is 0 Å². The smallest absolute Gasteiger partial charge is 0.185 e. The minimum Gasteiger partial charge on any atom is -0.494 e. The Labute approximate surface area is 188 Å². The van der Waals surface area contributed by atoms with Crippen molar-refractivity contribution in [2.24, 2.45) is 0 Å². The molecule has 3 aromatic carbocycles. The van der Waals surface area contributed by atoms with Crippen molar-refractivity contribution in [1.29, 1.82) is 0 Å². The van der Waals surface area contributed by atoms with E-state index in [1.165, 1.54) is 30.3 Å². The zero-order valence-corrected chi connectivity index (χ0v) is 18.0. The molecule has 0 atom stereocenters. The molecular formula is C28H27FO3. The van der Waals surface area contributed by atoms with E-state index in [4.69, 9.17) is 9.47 Å². The zero-order chi connectivity index (χ0) is 22.6. The summed E-state index contributed by atoms with van der Waals surface area (Å²) in [6.07, 6.45) is 6.88. The van der Waals surface area contributed by atoms with E-state index in [0.29, 0.717) is 25.4 Å². The van der Waals surface area contributed by atoms with Gasteiger partial charge in [0.25, 0.3) is 0 Å². The Kier molecular flexibility index (Phi) is 8.96. The highest BCUT2D eigenvalue weighted by molar-refractivity contribution is 6.06. The van der Waals surface area contributed by atoms with Gasteiger partial charge in [0.2, 0.25) is 0 Å². The van der Waals surface area contributed by atoms with Crippen LogP contribution in [0.4, 0.5) is 4.39 Å². The molecular weight excluding hydrogens is 403 g/mol. The predicted molar refractivity (Wildman–Crippen MR) is 127 cm³/mol. The van der Waals surface area contributed by atoms with Gasteiger partial charge >= 0.3 is 0 Å². The highest BCUT2D eigenvalue weighted by Gasteiger charge is 2.02. The van der Waals surface area contributed by atoms with Crippen LogP contribution in [0.3, 0.4) is 0 Å². The van der Waals surface area contributed by atoms with E-state index in [0.717, 1.165) is 35.3 Å². The molecule has 0 aliphatic rings. The maximum atomic E-state index is 12.9. The Balaban J connectivity index is 1.31. The van der Waals surface area contributed by atoms with Crippen molar-refractivity contribution in [3.05, 3.63) is 114 Å². The standard InChI is InChI=1S/C28H27FO3/c1-2-22-5-7-24(8-6-22)21-31-19-3-4-20-32-27-16-9-23(10-17-27)11-18-28(30)25-12-14-26(29)15-13-25/h2,5-18H,1,3-4,19-21H2. The van der Waals surface area contributed by atoms with Crippen LogP contribution in [0.5, 0.6) is 5.75 Å². The number of halogens is 1. The van der Waals surface area contributed by atoms with Gasteiger partial charge in [-0.25, -0.2) is 4.39 Å². The number of carbonyl (C=O) groups excluding carboxylic acids is 1. The van der Waals surface area contributed by atoms with Crippen molar-refractivity contribution in [2.75, 3.05) is 13.2 Å². The van der Waals surface area contributed by atoms with Gasteiger partial charge in [0.1, 0.15) is 11.6 Å². The Morgan fingerprint density at radius 3 is 2.19 bits per heavy atom. The van der Waals surface area contributed by atoms with Gasteiger partial charge in [-0.1, -0.05) is 55.1 Å². The van der Waals surface area contributed by atoms with Crippen LogP contribution in [0.15, 0.2) is 85.5 Å². The van der Waals surface area contributed by atoms with Gasteiger partial charge in [-0.05, 0) is 72.0 Å². The lowest BCUT2D eigenvalue weighted by Gasteiger charge is -2.07. The molecule has 3 rings (SSSR count). The molecule has 0 radical (unpaired) electrons. The molecule has 0 saturated heterocycles. The van der Waals surface area contributed by atoms with Crippen molar-refractivity contribution >= 4 is 17.9 Å². The molecule has 0 unspecified atom stereocenters. The molecule has 0 aromatic heterocycles. The predicted octanol–water partition coefficient (Wildman–Crippen LogP) is 6.74. The van der Waals surface area contributed by atoms with Crippen LogP contribution < -0.4 is 4.74 Å². The van der Waals surface area contributed by atoms with Crippen LogP contribution >= 0.6 is 0 Å². The molecule has 0 N–H and O–H groups in total. The molecule has 0 saturated carbocycles. The Hall–Kier alpha value is -3.50. The summed E-state index contributed by atoms with van der Waals surface area (Å²) in [4.78, 5) is 12.1. The molecule has 4 heteroatoms. The lowest BCUT2D eigenvalue weighted by atomic mass is 10.1. The summed E-state index contributed by atoms with van der Waals surface area (Å²) in [6, 6.07) is 21.2. The minimum absolute atomic E-state index is 0.165. The lowest BCUT2D eigenvalue weighted by molar-refractivity contribution is 0.104. The van der Waals surface area contributed by atoms with E-state index in [9.17, 15) is 9.18 Å². The van der Waals surface area contributed by atoms with E-state index in [1.807, 2.05) is 42.5 Å². The lowest BCUT2D eigenvalue weighted by Crippen LogP contribution is -2.01. The number of unbranched alkanes of at least 4 members (excludes halogenated alkanes) is 1. The summed E-state index contributed by atoms with van der Waals surface area (Å²) in [5.41, 5.74) is 3.60. The molecule has 0 bridgehead atoms. The fourth-order valence-corrected chi connectivity index (χ4v) is 2.99. The summed E-state index contributed by atoms with van der Waals surface area (Å²) in [6.45, 7) is 5.67. The fraction of sp³-hybridized carbons (Fsp3) is 0.179. The van der Waals surface area contributed by atoms with E-state index in [1.54, 1.807) is 6.08 Å². The number of hydrogen-bond donors (Lipinski definition) is 0. The SMILES string of the molecule is C=Cc1ccc(COCCCCOc2ccc(C=CC(=O)c3ccc(F)cc3)cc2)cc1. The monoisotopic (exact) mass is 430 g/mol. The summed E-state index contributed by atoms with van der Waals surface area (Å²) < 4.78 is 24.4. The third-order valence-electron chi connectivity index (χ3n) is 4.87. The molecule has 0 spiro atoms. The molecule has 0 fully saturated rings. The molecule has 0 amide bonds. The van der Waals surface area contributed by atoms with Crippen molar-refractivity contribution in [2.45, 2.75) is 19.4 Å². The first-order chi connectivity index (χ1) is 15.6. The minimum atomic E-state index is -0.358. The highest BCUT2D eigenvalue weighted by atomic mass is 19.1. The molecule has 32 heavy (non-hydrogen) atoms. The highest BCUT2D eigenvalue weighted by Crippen LogP contribution is 2.15. The van der Waals surface area contributed by atoms with Gasteiger partial charge in [-0.2, -0.15) is 0 Å². The summed E-state index contributed by atoms with van der Waals surface area (Å²) in [7, 11) is 0. The molecule has 0 heterocycles. The van der Waals surface area contributed by atoms with Gasteiger partial charge in [0, 0.05) is 12.2 Å². The van der Waals surface area contributed by atoms with Gasteiger partial charge in [-0.15, -0.1) is 0 Å². The van der Waals surface area contributed by atoms with Crippen LogP contribution in [0.25, 0.3) is 12.2 Å². The normalized spacial score (nSPS) is 10.9. The molecule has 3 nitrogen and oxygen atoms in total. The van der Waals surface area contributed by atoms with Crippen LogP contribution in [0, 0.1) is 5.82 Å². The molecule has 0 aliphatic heterocycles. The maximum absolute atomic E-state index is 12.9. The van der Waals surface area contributed by atoms with Crippen LogP contribution in [-0.4, -0.2) is 19.0 Å². The molecule has 3 aromatic rings. The molecule has 0 aliphatic carbocycles. The maximum Gasteiger partial charge on any atom is 0.185 e. The van der Waals surface area contributed by atoms with Gasteiger partial charge in [-0.3, -0.25) is 4.79 Å². The molecule has 164 valence electrons. The van der Waals surface area contributed by atoms with Crippen LogP contribution in [0.1, 0.15) is 39.9 Å². The van der Waals surface area contributed by atoms with Crippen LogP contribution in [0.2, 0.25) is 0 Å². The Morgan fingerprint density at radius 1 is 0.844 bits per heavy atom. The number of hydrogen-bond acceptors (Lipinski definition) is 3. The van der Waals surface area contributed by atoms with Crippen molar-refractivity contribution in [1.82, 2.24) is 0 Å². The Bertz CT molecular complexity index is 1020. The summed E-state index contributed by atoms with van der Waals surface area (Å²) in [5, 5.41) is 0. The van der Waals surface area contributed by atoms with E-state index in [-0.39, 0.29) is 11.6 Å². The second-order valence-corrected chi connectivity index (χ2v) is 7.33. The first-order valence-electron chi connectivity index (χ1n) is 10.6. The summed E-state index contributed by atoms with van der Waals surface area (Å²) in [5.74, 6) is 0.264. The average Bonchev–Trinajstić information content (AvgIpc) is 2.83. The summed E-state index contributed by atoms with van der Waals surface area (Å²) >= 11 is 0. The topological polar surface area (TPSA) is 35.5 Å². The van der Waals surface area contributed by atoms with Crippen molar-refractivity contribution in [3.8, 4) is 5.75 Å². The number of carbonyl (C=O) groups is 1. The Morgan fingerprint density at radius 2 is 1.50 bits per heavy atom. The first kappa shape index (κ1) is 23.2. The first-order valence-corrected chi connectivity index (χ1v) is 10.6. The van der Waals surface area contributed by atoms with E-state index < -0.39 is 0 Å². The van der Waals surface area contributed by atoms with Crippen molar-refractivity contribution < 1.29 is 18.7 Å². The number of allylic oxidation sites excluding steroid dienone is 1. The number of ketones is 1. The largest absolute Gasteiger partial charge is 0.494 e. The zero-order valence-electron chi connectivity index (χ0n) is 18.0. The second kappa shape index (κ2) is 12.4. The van der Waals surface area contributed by atoms with E-state index in [2.05, 4.69) is 18.7 Å². The van der Waals surface area contributed by atoms with Gasteiger partial charge in [0.15, 0.2) is 5.78 Å². The van der Waals surface area contributed by atoms with Gasteiger partial charge < -0.3 is 9.47 Å². The third kappa shape index (κ3) is 7.64. The average molecular weight is 431 g/mol. The number of ether oxygens (including phenoxy) is 2. The number of rotatable bonds is 12. The third-order valence-corrected chi connectivity index (χ3v) is 4.87. The fourth-order valence-electron chi connectivity index (χ4n) is 2.99. The van der Waals surface area contributed by atoms with Gasteiger partial charge in [0.05, 0.1) is 13.2 Å². The second-order valence-electron chi connectivity index (χ2n) is 7.33. The van der Waals surface area contributed by atoms with Crippen LogP contribution in [-0.2, 0) is 11.3 Å². The quantitative estimate of drug-likeness (QED) is 0.181. The van der Waals surface area contributed by atoms with Crippen molar-refractivity contribution in [3.63, 3.8) is 0 Å².